The first-order valence-corrected chi connectivity index (χ1v) is 13.7. The van der Waals surface area contributed by atoms with E-state index in [0.29, 0.717) is 0 Å². The van der Waals surface area contributed by atoms with Gasteiger partial charge in [0.1, 0.15) is 12.6 Å². The lowest BCUT2D eigenvalue weighted by Crippen LogP contribution is -2.55. The lowest BCUT2D eigenvalue weighted by atomic mass is 9.98. The normalized spacial score (nSPS) is 14.1. The molecule has 8 heteroatoms. The number of amides is 2. The van der Waals surface area contributed by atoms with Crippen molar-refractivity contribution in [1.29, 1.82) is 0 Å². The number of carbonyl (C=O) groups is 3. The van der Waals surface area contributed by atoms with E-state index in [4.69, 9.17) is 9.47 Å². The lowest BCUT2D eigenvalue weighted by molar-refractivity contribution is -0.146. The van der Waals surface area contributed by atoms with Gasteiger partial charge in [-0.1, -0.05) is 90.5 Å². The first-order chi connectivity index (χ1) is 19.7. The van der Waals surface area contributed by atoms with Gasteiger partial charge in [0.05, 0.1) is 12.7 Å². The molecule has 0 saturated carbocycles. The number of hydrogen-bond donors (Lipinski definition) is 3. The molecule has 0 fully saturated rings. The molecule has 4 rings (SSSR count). The van der Waals surface area contributed by atoms with Crippen LogP contribution in [0.25, 0.3) is 11.1 Å². The number of carboxylic acids is 1. The van der Waals surface area contributed by atoms with Crippen LogP contribution in [0.15, 0.2) is 90.5 Å². The van der Waals surface area contributed by atoms with Crippen molar-refractivity contribution < 1.29 is 29.0 Å². The maximum Gasteiger partial charge on any atom is 0.407 e. The summed E-state index contributed by atoms with van der Waals surface area (Å²) in [6.45, 7) is 5.63. The van der Waals surface area contributed by atoms with Crippen LogP contribution in [0.3, 0.4) is 0 Å². The highest BCUT2D eigenvalue weighted by atomic mass is 16.5. The van der Waals surface area contributed by atoms with Crippen molar-refractivity contribution >= 4 is 18.0 Å². The van der Waals surface area contributed by atoms with E-state index in [1.807, 2.05) is 80.6 Å². The summed E-state index contributed by atoms with van der Waals surface area (Å²) in [5.41, 5.74) is 6.21. The molecule has 0 aromatic heterocycles. The summed E-state index contributed by atoms with van der Waals surface area (Å²) >= 11 is 0. The number of benzene rings is 3. The molecule has 1 aliphatic carbocycles. The molecule has 0 radical (unpaired) electrons. The molecule has 8 nitrogen and oxygen atoms in total. The zero-order valence-electron chi connectivity index (χ0n) is 23.5. The second kappa shape index (κ2) is 13.8. The number of fused-ring (bicyclic) bond motifs is 3. The van der Waals surface area contributed by atoms with Crippen molar-refractivity contribution in [2.75, 3.05) is 6.61 Å². The Labute approximate surface area is 240 Å². The van der Waals surface area contributed by atoms with Crippen molar-refractivity contribution in [1.82, 2.24) is 10.6 Å². The molecular weight excluding hydrogens is 520 g/mol. The van der Waals surface area contributed by atoms with Crippen molar-refractivity contribution in [3.05, 3.63) is 107 Å². The van der Waals surface area contributed by atoms with Gasteiger partial charge in [-0.2, -0.15) is 0 Å². The predicted octanol–water partition coefficient (Wildman–Crippen LogP) is 5.42. The summed E-state index contributed by atoms with van der Waals surface area (Å²) in [6, 6.07) is 23.0. The largest absolute Gasteiger partial charge is 0.480 e. The molecule has 3 aromatic carbocycles. The quantitative estimate of drug-likeness (QED) is 0.257. The van der Waals surface area contributed by atoms with Crippen LogP contribution in [0.5, 0.6) is 0 Å². The van der Waals surface area contributed by atoms with Crippen molar-refractivity contribution in [2.24, 2.45) is 0 Å². The van der Waals surface area contributed by atoms with Gasteiger partial charge in [0, 0.05) is 5.92 Å². The van der Waals surface area contributed by atoms with Crippen molar-refractivity contribution in [3.8, 4) is 11.1 Å². The summed E-state index contributed by atoms with van der Waals surface area (Å²) in [5, 5.41) is 15.0. The fourth-order valence-electron chi connectivity index (χ4n) is 4.90. The molecule has 0 spiro atoms. The third-order valence-corrected chi connectivity index (χ3v) is 7.10. The topological polar surface area (TPSA) is 114 Å². The zero-order chi connectivity index (χ0) is 29.4. The minimum absolute atomic E-state index is 0.0962. The van der Waals surface area contributed by atoms with Crippen molar-refractivity contribution in [2.45, 2.75) is 57.9 Å². The Bertz CT molecular complexity index is 1350. The van der Waals surface area contributed by atoms with Crippen LogP contribution in [-0.4, -0.2) is 47.9 Å². The third kappa shape index (κ3) is 7.61. The first kappa shape index (κ1) is 29.6. The second-order valence-corrected chi connectivity index (χ2v) is 10.4. The van der Waals surface area contributed by atoms with Gasteiger partial charge < -0.3 is 25.2 Å². The maximum atomic E-state index is 13.2. The van der Waals surface area contributed by atoms with E-state index in [-0.39, 0.29) is 25.6 Å². The Morgan fingerprint density at radius 3 is 2.05 bits per heavy atom. The van der Waals surface area contributed by atoms with Crippen LogP contribution in [0.4, 0.5) is 4.79 Å². The number of aliphatic carboxylic acids is 1. The van der Waals surface area contributed by atoms with E-state index in [1.165, 1.54) is 0 Å². The van der Waals surface area contributed by atoms with Gasteiger partial charge in [-0.05, 0) is 55.0 Å². The SMILES string of the molecule is CC(C)=CCC(NC(=O)OCC1c2ccccc2-c2ccccc21)C(=O)N[C@H](C(=O)O)[C@@H](C)OCc1ccccc1. The minimum Gasteiger partial charge on any atom is -0.480 e. The van der Waals surface area contributed by atoms with Crippen LogP contribution < -0.4 is 10.6 Å². The Balaban J connectivity index is 1.40. The molecule has 1 unspecified atom stereocenters. The lowest BCUT2D eigenvalue weighted by Gasteiger charge is -2.25. The summed E-state index contributed by atoms with van der Waals surface area (Å²) in [4.78, 5) is 38.2. The smallest absolute Gasteiger partial charge is 0.407 e. The van der Waals surface area contributed by atoms with Gasteiger partial charge in [-0.15, -0.1) is 0 Å². The van der Waals surface area contributed by atoms with Gasteiger partial charge in [0.15, 0.2) is 6.04 Å². The summed E-state index contributed by atoms with van der Waals surface area (Å²) < 4.78 is 11.4. The zero-order valence-corrected chi connectivity index (χ0v) is 23.5. The van der Waals surface area contributed by atoms with Crippen LogP contribution in [0, 0.1) is 0 Å². The summed E-state index contributed by atoms with van der Waals surface area (Å²) in [6.07, 6.45) is 0.396. The third-order valence-electron chi connectivity index (χ3n) is 7.10. The Hall–Kier alpha value is -4.43. The Morgan fingerprint density at radius 2 is 1.46 bits per heavy atom. The Kier molecular flexibility index (Phi) is 9.92. The first-order valence-electron chi connectivity index (χ1n) is 13.7. The highest BCUT2D eigenvalue weighted by molar-refractivity contribution is 5.89. The standard InChI is InChI=1S/C33H36N2O6/c1-21(2)17-18-29(31(36)35-30(32(37)38)22(3)40-19-23-11-5-4-6-12-23)34-33(39)41-20-28-26-15-9-7-13-24(26)25-14-8-10-16-27(25)28/h4-17,22,28-30H,18-20H2,1-3H3,(H,34,39)(H,35,36)(H,37,38)/t22-,29?,30+/m1/s1. The van der Waals surface area contributed by atoms with Gasteiger partial charge in [0.25, 0.3) is 0 Å². The van der Waals surface area contributed by atoms with Crippen LogP contribution >= 0.6 is 0 Å². The van der Waals surface area contributed by atoms with E-state index in [9.17, 15) is 19.5 Å². The molecule has 0 saturated heterocycles. The number of ether oxygens (including phenoxy) is 2. The molecular formula is C33H36N2O6. The van der Waals surface area contributed by atoms with E-state index in [1.54, 1.807) is 13.0 Å². The number of hydrogen-bond acceptors (Lipinski definition) is 5. The van der Waals surface area contributed by atoms with E-state index < -0.39 is 36.2 Å². The number of alkyl carbamates (subject to hydrolysis) is 1. The maximum absolute atomic E-state index is 13.2. The van der Waals surface area contributed by atoms with E-state index in [0.717, 1.165) is 33.4 Å². The van der Waals surface area contributed by atoms with Crippen molar-refractivity contribution in [3.63, 3.8) is 0 Å². The number of carbonyl (C=O) groups excluding carboxylic acids is 2. The van der Waals surface area contributed by atoms with E-state index >= 15 is 0 Å². The molecule has 214 valence electrons. The molecule has 3 aromatic rings. The highest BCUT2D eigenvalue weighted by Gasteiger charge is 2.32. The molecule has 0 aliphatic heterocycles. The predicted molar refractivity (Wildman–Crippen MR) is 156 cm³/mol. The van der Waals surface area contributed by atoms with E-state index in [2.05, 4.69) is 22.8 Å². The number of nitrogens with one attached hydrogen (secondary N) is 2. The highest BCUT2D eigenvalue weighted by Crippen LogP contribution is 2.44. The number of allylic oxidation sites excluding steroid dienone is 1. The molecule has 0 heterocycles. The fraction of sp³-hybridized carbons (Fsp3) is 0.303. The van der Waals surface area contributed by atoms with Gasteiger partial charge in [-0.3, -0.25) is 4.79 Å². The molecule has 3 atom stereocenters. The van der Waals surface area contributed by atoms with Gasteiger partial charge in [0.2, 0.25) is 5.91 Å². The average Bonchev–Trinajstić information content (AvgIpc) is 3.29. The monoisotopic (exact) mass is 556 g/mol. The van der Waals surface area contributed by atoms with Crippen LogP contribution in [-0.2, 0) is 25.7 Å². The number of carboxylic acid groups (broad SMARTS) is 1. The Morgan fingerprint density at radius 1 is 0.878 bits per heavy atom. The molecule has 41 heavy (non-hydrogen) atoms. The van der Waals surface area contributed by atoms with Gasteiger partial charge in [-0.25, -0.2) is 9.59 Å². The number of rotatable bonds is 12. The molecule has 2 amide bonds. The summed E-state index contributed by atoms with van der Waals surface area (Å²) in [7, 11) is 0. The molecule has 1 aliphatic rings. The average molecular weight is 557 g/mol. The fourth-order valence-corrected chi connectivity index (χ4v) is 4.90. The minimum atomic E-state index is -1.32. The molecule has 0 bridgehead atoms. The van der Waals surface area contributed by atoms with Gasteiger partial charge >= 0.3 is 12.1 Å². The second-order valence-electron chi connectivity index (χ2n) is 10.4. The van der Waals surface area contributed by atoms with Crippen LogP contribution in [0.1, 0.15) is 49.8 Å². The van der Waals surface area contributed by atoms with Crippen LogP contribution in [0.2, 0.25) is 0 Å². The molecule has 3 N–H and O–H groups in total. The summed E-state index contributed by atoms with van der Waals surface area (Å²) in [5.74, 6) is -2.00.